The summed E-state index contributed by atoms with van der Waals surface area (Å²) in [7, 11) is 0. The van der Waals surface area contributed by atoms with Crippen LogP contribution < -0.4 is 5.32 Å². The van der Waals surface area contributed by atoms with Crippen molar-refractivity contribution in [2.45, 2.75) is 29.8 Å². The van der Waals surface area contributed by atoms with Gasteiger partial charge in [0.05, 0.1) is 5.02 Å². The minimum Gasteiger partial charge on any atom is -0.313 e. The minimum absolute atomic E-state index is 0.187. The summed E-state index contributed by atoms with van der Waals surface area (Å²) in [6.07, 6.45) is 2.62. The van der Waals surface area contributed by atoms with Crippen molar-refractivity contribution >= 4 is 23.4 Å². The van der Waals surface area contributed by atoms with Crippen molar-refractivity contribution < 1.29 is 4.39 Å². The SMILES string of the molecule is CCCNCc1c(F)cccc1Sc1ccc(Cl)cn1. The van der Waals surface area contributed by atoms with Crippen LogP contribution in [0.5, 0.6) is 0 Å². The first-order chi connectivity index (χ1) is 9.70. The highest BCUT2D eigenvalue weighted by molar-refractivity contribution is 7.99. The molecule has 0 saturated carbocycles. The third kappa shape index (κ3) is 4.20. The molecule has 0 aliphatic carbocycles. The molecule has 0 bridgehead atoms. The lowest BCUT2D eigenvalue weighted by atomic mass is 10.2. The summed E-state index contributed by atoms with van der Waals surface area (Å²) in [6.45, 7) is 3.48. The molecule has 1 heterocycles. The van der Waals surface area contributed by atoms with E-state index in [9.17, 15) is 4.39 Å². The molecule has 0 fully saturated rings. The Hall–Kier alpha value is -1.10. The largest absolute Gasteiger partial charge is 0.313 e. The number of benzene rings is 1. The van der Waals surface area contributed by atoms with Gasteiger partial charge in [-0.3, -0.25) is 0 Å². The van der Waals surface area contributed by atoms with Gasteiger partial charge in [-0.1, -0.05) is 36.4 Å². The lowest BCUT2D eigenvalue weighted by molar-refractivity contribution is 0.578. The van der Waals surface area contributed by atoms with Crippen LogP contribution in [0.1, 0.15) is 18.9 Å². The Balaban J connectivity index is 2.17. The second kappa shape index (κ2) is 7.62. The van der Waals surface area contributed by atoms with Crippen LogP contribution in [0.15, 0.2) is 46.5 Å². The molecule has 2 aromatic rings. The van der Waals surface area contributed by atoms with Gasteiger partial charge in [0.1, 0.15) is 10.8 Å². The molecule has 0 spiro atoms. The molecule has 106 valence electrons. The highest BCUT2D eigenvalue weighted by Crippen LogP contribution is 2.30. The molecule has 2 nitrogen and oxygen atoms in total. The van der Waals surface area contributed by atoms with Gasteiger partial charge in [0.2, 0.25) is 0 Å². The molecule has 0 saturated heterocycles. The zero-order chi connectivity index (χ0) is 14.4. The van der Waals surface area contributed by atoms with E-state index in [1.807, 2.05) is 12.1 Å². The summed E-state index contributed by atoms with van der Waals surface area (Å²) in [5.41, 5.74) is 0.683. The minimum atomic E-state index is -0.187. The van der Waals surface area contributed by atoms with Crippen LogP contribution in [0.25, 0.3) is 0 Å². The van der Waals surface area contributed by atoms with Crippen molar-refractivity contribution in [2.24, 2.45) is 0 Å². The van der Waals surface area contributed by atoms with Crippen LogP contribution >= 0.6 is 23.4 Å². The topological polar surface area (TPSA) is 24.9 Å². The monoisotopic (exact) mass is 310 g/mol. The molecule has 1 N–H and O–H groups in total. The first kappa shape index (κ1) is 15.3. The van der Waals surface area contributed by atoms with Crippen molar-refractivity contribution in [2.75, 3.05) is 6.54 Å². The predicted octanol–water partition coefficient (Wildman–Crippen LogP) is 4.52. The van der Waals surface area contributed by atoms with E-state index >= 15 is 0 Å². The van der Waals surface area contributed by atoms with E-state index in [2.05, 4.69) is 17.2 Å². The van der Waals surface area contributed by atoms with Crippen molar-refractivity contribution in [3.8, 4) is 0 Å². The summed E-state index contributed by atoms with van der Waals surface area (Å²) in [6, 6.07) is 8.73. The van der Waals surface area contributed by atoms with Gasteiger partial charge in [-0.15, -0.1) is 0 Å². The summed E-state index contributed by atoms with van der Waals surface area (Å²) < 4.78 is 13.9. The standard InChI is InChI=1S/C15H16ClFN2S/c1-2-8-18-10-12-13(17)4-3-5-14(12)20-15-7-6-11(16)9-19-15/h3-7,9,18H,2,8,10H2,1H3. The maximum atomic E-state index is 13.9. The van der Waals surface area contributed by atoms with E-state index in [-0.39, 0.29) is 5.82 Å². The number of hydrogen-bond acceptors (Lipinski definition) is 3. The number of halogens is 2. The van der Waals surface area contributed by atoms with Crippen molar-refractivity contribution in [1.82, 2.24) is 10.3 Å². The zero-order valence-electron chi connectivity index (χ0n) is 11.2. The zero-order valence-corrected chi connectivity index (χ0v) is 12.8. The Kier molecular flexibility index (Phi) is 5.83. The van der Waals surface area contributed by atoms with Gasteiger partial charge in [-0.25, -0.2) is 9.37 Å². The Morgan fingerprint density at radius 3 is 2.85 bits per heavy atom. The molecule has 1 aromatic carbocycles. The molecule has 0 aliphatic heterocycles. The number of rotatable bonds is 6. The van der Waals surface area contributed by atoms with Gasteiger partial charge in [0, 0.05) is 23.2 Å². The highest BCUT2D eigenvalue weighted by Gasteiger charge is 2.10. The first-order valence-electron chi connectivity index (χ1n) is 6.48. The van der Waals surface area contributed by atoms with Gasteiger partial charge in [0.25, 0.3) is 0 Å². The molecular formula is C15H16ClFN2S. The van der Waals surface area contributed by atoms with Crippen molar-refractivity contribution in [3.05, 3.63) is 52.9 Å². The van der Waals surface area contributed by atoms with Gasteiger partial charge >= 0.3 is 0 Å². The Morgan fingerprint density at radius 2 is 2.15 bits per heavy atom. The van der Waals surface area contributed by atoms with E-state index in [4.69, 9.17) is 11.6 Å². The number of aromatic nitrogens is 1. The molecule has 0 radical (unpaired) electrons. The first-order valence-corrected chi connectivity index (χ1v) is 7.67. The highest BCUT2D eigenvalue weighted by atomic mass is 35.5. The van der Waals surface area contributed by atoms with Crippen molar-refractivity contribution in [1.29, 1.82) is 0 Å². The number of hydrogen-bond donors (Lipinski definition) is 1. The van der Waals surface area contributed by atoms with Gasteiger partial charge in [-0.05, 0) is 37.2 Å². The predicted molar refractivity (Wildman–Crippen MR) is 81.8 cm³/mol. The van der Waals surface area contributed by atoms with Crippen LogP contribution in [-0.2, 0) is 6.54 Å². The lowest BCUT2D eigenvalue weighted by Crippen LogP contribution is -2.15. The maximum Gasteiger partial charge on any atom is 0.128 e. The Bertz CT molecular complexity index is 560. The lowest BCUT2D eigenvalue weighted by Gasteiger charge is -2.10. The molecule has 0 unspecified atom stereocenters. The van der Waals surface area contributed by atoms with E-state index in [1.165, 1.54) is 17.8 Å². The molecule has 1 aromatic heterocycles. The smallest absolute Gasteiger partial charge is 0.128 e. The van der Waals surface area contributed by atoms with Crippen LogP contribution in [0.2, 0.25) is 5.02 Å². The summed E-state index contributed by atoms with van der Waals surface area (Å²) >= 11 is 7.26. The third-order valence-corrected chi connectivity index (χ3v) is 4.00. The van der Waals surface area contributed by atoms with E-state index in [0.29, 0.717) is 17.1 Å². The summed E-state index contributed by atoms with van der Waals surface area (Å²) in [4.78, 5) is 5.11. The fraction of sp³-hybridized carbons (Fsp3) is 0.267. The van der Waals surface area contributed by atoms with Gasteiger partial charge in [-0.2, -0.15) is 0 Å². The molecule has 0 amide bonds. The quantitative estimate of drug-likeness (QED) is 0.794. The summed E-state index contributed by atoms with van der Waals surface area (Å²) in [5.74, 6) is -0.187. The second-order valence-electron chi connectivity index (χ2n) is 4.31. The van der Waals surface area contributed by atoms with Gasteiger partial charge < -0.3 is 5.32 Å². The molecule has 2 rings (SSSR count). The normalized spacial score (nSPS) is 10.8. The van der Waals surface area contributed by atoms with Crippen LogP contribution in [0.4, 0.5) is 4.39 Å². The average molecular weight is 311 g/mol. The fourth-order valence-electron chi connectivity index (χ4n) is 1.73. The second-order valence-corrected chi connectivity index (χ2v) is 5.81. The van der Waals surface area contributed by atoms with Crippen LogP contribution in [0.3, 0.4) is 0 Å². The van der Waals surface area contributed by atoms with E-state index < -0.39 is 0 Å². The van der Waals surface area contributed by atoms with Crippen molar-refractivity contribution in [3.63, 3.8) is 0 Å². The fourth-order valence-corrected chi connectivity index (χ4v) is 2.75. The van der Waals surface area contributed by atoms with Crippen LogP contribution in [-0.4, -0.2) is 11.5 Å². The van der Waals surface area contributed by atoms with E-state index in [0.717, 1.165) is 22.9 Å². The van der Waals surface area contributed by atoms with Crippen LogP contribution in [0, 0.1) is 5.82 Å². The molecular weight excluding hydrogens is 295 g/mol. The summed E-state index contributed by atoms with van der Waals surface area (Å²) in [5, 5.41) is 4.63. The average Bonchev–Trinajstić information content (AvgIpc) is 2.44. The Morgan fingerprint density at radius 1 is 1.30 bits per heavy atom. The molecule has 20 heavy (non-hydrogen) atoms. The third-order valence-electron chi connectivity index (χ3n) is 2.72. The maximum absolute atomic E-state index is 13.9. The van der Waals surface area contributed by atoms with E-state index in [1.54, 1.807) is 18.3 Å². The van der Waals surface area contributed by atoms with Gasteiger partial charge in [0.15, 0.2) is 0 Å². The number of pyridine rings is 1. The molecule has 5 heteroatoms. The number of nitrogens with one attached hydrogen (secondary N) is 1. The number of nitrogens with zero attached hydrogens (tertiary/aromatic N) is 1. The molecule has 0 atom stereocenters. The Labute approximate surface area is 127 Å². The molecule has 0 aliphatic rings.